The molecule has 0 spiro atoms. The van der Waals surface area contributed by atoms with E-state index in [9.17, 15) is 0 Å². The van der Waals surface area contributed by atoms with Crippen molar-refractivity contribution >= 4 is 22.4 Å². The van der Waals surface area contributed by atoms with Crippen molar-refractivity contribution < 1.29 is 0 Å². The molecule has 1 heterocycles. The van der Waals surface area contributed by atoms with Crippen molar-refractivity contribution in [2.75, 3.05) is 17.7 Å². The molecule has 0 saturated heterocycles. The van der Waals surface area contributed by atoms with E-state index in [1.165, 1.54) is 16.5 Å². The summed E-state index contributed by atoms with van der Waals surface area (Å²) in [5.74, 6) is 0.656. The van der Waals surface area contributed by atoms with Gasteiger partial charge in [0.15, 0.2) is 0 Å². The number of anilines is 2. The average molecular weight is 213 g/mol. The Morgan fingerprint density at radius 2 is 2.07 bits per heavy atom. The average Bonchev–Trinajstić information content (AvgIpc) is 2.47. The van der Waals surface area contributed by atoms with Gasteiger partial charge in [-0.3, -0.25) is 0 Å². The first-order valence-corrected chi connectivity index (χ1v) is 5.63. The van der Waals surface area contributed by atoms with Gasteiger partial charge < -0.3 is 10.6 Å². The molecule has 1 rings (SSSR count). The number of rotatable bonds is 3. The molecule has 80 valence electrons. The van der Waals surface area contributed by atoms with E-state index in [-0.39, 0.29) is 5.54 Å². The lowest BCUT2D eigenvalue weighted by Gasteiger charge is -2.35. The molecule has 0 aromatic carbocycles. The molecule has 0 unspecified atom stereocenters. The summed E-state index contributed by atoms with van der Waals surface area (Å²) in [4.78, 5) is 2.26. The van der Waals surface area contributed by atoms with Crippen molar-refractivity contribution in [1.29, 1.82) is 0 Å². The maximum absolute atomic E-state index is 5.74. The lowest BCUT2D eigenvalue weighted by Crippen LogP contribution is -2.40. The van der Waals surface area contributed by atoms with Crippen LogP contribution in [0.1, 0.15) is 32.8 Å². The van der Waals surface area contributed by atoms with E-state index in [4.69, 9.17) is 5.73 Å². The van der Waals surface area contributed by atoms with E-state index < -0.39 is 0 Å². The molecular formula is C10H19N3S. The van der Waals surface area contributed by atoms with Crippen LogP contribution in [-0.2, 0) is 0 Å². The van der Waals surface area contributed by atoms with E-state index in [2.05, 4.69) is 37.1 Å². The summed E-state index contributed by atoms with van der Waals surface area (Å²) in [7, 11) is 2.10. The Morgan fingerprint density at radius 3 is 2.43 bits per heavy atom. The molecule has 0 amide bonds. The van der Waals surface area contributed by atoms with E-state index in [0.717, 1.165) is 12.0 Å². The van der Waals surface area contributed by atoms with E-state index in [1.807, 2.05) is 6.92 Å². The standard InChI is InChI=1S/C10H19N3S/c1-6-10(3,4)13(5)9-7(2)8(11)12-14-9/h6H2,1-5H3,(H2,11,12). The van der Waals surface area contributed by atoms with Crippen molar-refractivity contribution in [3.63, 3.8) is 0 Å². The monoisotopic (exact) mass is 213 g/mol. The SMILES string of the molecule is CCC(C)(C)N(C)c1snc(N)c1C. The summed E-state index contributed by atoms with van der Waals surface area (Å²) >= 11 is 1.48. The smallest absolute Gasteiger partial charge is 0.142 e. The zero-order valence-corrected chi connectivity index (χ0v) is 10.4. The van der Waals surface area contributed by atoms with Gasteiger partial charge in [0, 0.05) is 18.2 Å². The lowest BCUT2D eigenvalue weighted by atomic mass is 10.00. The van der Waals surface area contributed by atoms with Crippen LogP contribution < -0.4 is 10.6 Å². The second-order valence-electron chi connectivity index (χ2n) is 4.22. The highest BCUT2D eigenvalue weighted by Crippen LogP contribution is 2.33. The first kappa shape index (κ1) is 11.3. The number of nitrogen functional groups attached to an aromatic ring is 1. The minimum Gasteiger partial charge on any atom is -0.383 e. The molecule has 2 N–H and O–H groups in total. The van der Waals surface area contributed by atoms with Crippen LogP contribution in [-0.4, -0.2) is 17.0 Å². The van der Waals surface area contributed by atoms with E-state index in [0.29, 0.717) is 5.82 Å². The molecule has 0 atom stereocenters. The molecule has 0 aliphatic rings. The number of hydrogen-bond donors (Lipinski definition) is 1. The number of hydrogen-bond acceptors (Lipinski definition) is 4. The van der Waals surface area contributed by atoms with Gasteiger partial charge in [0.1, 0.15) is 10.8 Å². The molecule has 1 aromatic rings. The van der Waals surface area contributed by atoms with Crippen molar-refractivity contribution in [2.45, 2.75) is 39.7 Å². The van der Waals surface area contributed by atoms with Gasteiger partial charge in [-0.1, -0.05) is 6.92 Å². The van der Waals surface area contributed by atoms with Crippen molar-refractivity contribution in [1.82, 2.24) is 4.37 Å². The van der Waals surface area contributed by atoms with Crippen LogP contribution in [0.15, 0.2) is 0 Å². The van der Waals surface area contributed by atoms with Crippen LogP contribution >= 0.6 is 11.5 Å². The number of aromatic nitrogens is 1. The summed E-state index contributed by atoms with van der Waals surface area (Å²) in [6, 6.07) is 0. The third-order valence-electron chi connectivity index (χ3n) is 3.01. The fraction of sp³-hybridized carbons (Fsp3) is 0.700. The van der Waals surface area contributed by atoms with Gasteiger partial charge in [0.05, 0.1) is 0 Å². The molecule has 3 nitrogen and oxygen atoms in total. The molecule has 14 heavy (non-hydrogen) atoms. The van der Waals surface area contributed by atoms with Crippen LogP contribution in [0.4, 0.5) is 10.8 Å². The van der Waals surface area contributed by atoms with Gasteiger partial charge >= 0.3 is 0 Å². The Labute approximate surface area is 90.1 Å². The lowest BCUT2D eigenvalue weighted by molar-refractivity contribution is 0.472. The minimum atomic E-state index is 0.156. The van der Waals surface area contributed by atoms with Crippen LogP contribution in [0.5, 0.6) is 0 Å². The maximum Gasteiger partial charge on any atom is 0.142 e. The summed E-state index contributed by atoms with van der Waals surface area (Å²) in [5, 5.41) is 1.18. The summed E-state index contributed by atoms with van der Waals surface area (Å²) in [6.07, 6.45) is 1.10. The second-order valence-corrected chi connectivity index (χ2v) is 4.97. The van der Waals surface area contributed by atoms with Gasteiger partial charge in [-0.2, -0.15) is 4.37 Å². The van der Waals surface area contributed by atoms with Gasteiger partial charge in [-0.05, 0) is 38.7 Å². The largest absolute Gasteiger partial charge is 0.383 e. The van der Waals surface area contributed by atoms with E-state index >= 15 is 0 Å². The first-order chi connectivity index (χ1) is 6.40. The Kier molecular flexibility index (Phi) is 3.04. The van der Waals surface area contributed by atoms with Crippen molar-refractivity contribution in [3.8, 4) is 0 Å². The van der Waals surface area contributed by atoms with Gasteiger partial charge in [0.2, 0.25) is 0 Å². The first-order valence-electron chi connectivity index (χ1n) is 4.85. The maximum atomic E-state index is 5.74. The molecule has 0 aliphatic heterocycles. The highest BCUT2D eigenvalue weighted by molar-refractivity contribution is 7.10. The fourth-order valence-electron chi connectivity index (χ4n) is 1.16. The predicted octanol–water partition coefficient (Wildman–Crippen LogP) is 2.66. The topological polar surface area (TPSA) is 42.2 Å². The fourth-order valence-corrected chi connectivity index (χ4v) is 2.10. The number of nitrogens with two attached hydrogens (primary N) is 1. The molecular weight excluding hydrogens is 194 g/mol. The van der Waals surface area contributed by atoms with Gasteiger partial charge in [0.25, 0.3) is 0 Å². The van der Waals surface area contributed by atoms with Crippen LogP contribution in [0.25, 0.3) is 0 Å². The van der Waals surface area contributed by atoms with Crippen LogP contribution in [0.2, 0.25) is 0 Å². The minimum absolute atomic E-state index is 0.156. The third-order valence-corrected chi connectivity index (χ3v) is 4.05. The van der Waals surface area contributed by atoms with E-state index in [1.54, 1.807) is 0 Å². The molecule has 1 aromatic heterocycles. The highest BCUT2D eigenvalue weighted by atomic mass is 32.1. The van der Waals surface area contributed by atoms with Crippen LogP contribution in [0.3, 0.4) is 0 Å². The van der Waals surface area contributed by atoms with Gasteiger partial charge in [-0.15, -0.1) is 0 Å². The molecule has 0 aliphatic carbocycles. The summed E-state index contributed by atoms with van der Waals surface area (Å²) in [5.41, 5.74) is 6.99. The van der Waals surface area contributed by atoms with Crippen molar-refractivity contribution in [2.24, 2.45) is 0 Å². The molecule has 0 fully saturated rings. The second kappa shape index (κ2) is 3.77. The normalized spacial score (nSPS) is 11.8. The Balaban J connectivity index is 3.00. The van der Waals surface area contributed by atoms with Gasteiger partial charge in [-0.25, -0.2) is 0 Å². The molecule has 4 heteroatoms. The van der Waals surface area contributed by atoms with Crippen LogP contribution in [0, 0.1) is 6.92 Å². The quantitative estimate of drug-likeness (QED) is 0.839. The predicted molar refractivity (Wildman–Crippen MR) is 64.0 cm³/mol. The Bertz CT molecular complexity index is 317. The summed E-state index contributed by atoms with van der Waals surface area (Å²) in [6.45, 7) is 8.66. The zero-order valence-electron chi connectivity index (χ0n) is 9.59. The molecule has 0 saturated carbocycles. The summed E-state index contributed by atoms with van der Waals surface area (Å²) < 4.78 is 4.16. The Morgan fingerprint density at radius 1 is 1.50 bits per heavy atom. The number of nitrogens with zero attached hydrogens (tertiary/aromatic N) is 2. The molecule has 0 bridgehead atoms. The Hall–Kier alpha value is -0.770. The highest BCUT2D eigenvalue weighted by Gasteiger charge is 2.24. The molecule has 0 radical (unpaired) electrons. The zero-order chi connectivity index (χ0) is 10.9. The third kappa shape index (κ3) is 1.85. The van der Waals surface area contributed by atoms with Crippen molar-refractivity contribution in [3.05, 3.63) is 5.56 Å².